The van der Waals surface area contributed by atoms with Crippen LogP contribution in [0.3, 0.4) is 0 Å². The first-order valence-corrected chi connectivity index (χ1v) is 13.2. The van der Waals surface area contributed by atoms with Crippen LogP contribution in [0.1, 0.15) is 43.1 Å². The van der Waals surface area contributed by atoms with E-state index >= 15 is 0 Å². The van der Waals surface area contributed by atoms with Gasteiger partial charge in [0, 0.05) is 14.9 Å². The Morgan fingerprint density at radius 1 is 1.06 bits per heavy atom. The van der Waals surface area contributed by atoms with Gasteiger partial charge in [-0.1, -0.05) is 81.0 Å². The molecule has 0 amide bonds. The Morgan fingerprint density at radius 2 is 1.71 bits per heavy atom. The molecule has 0 spiro atoms. The summed E-state index contributed by atoms with van der Waals surface area (Å²) >= 11 is 19.8. The first-order valence-electron chi connectivity index (χ1n) is 10.9. The molecule has 1 atom stereocenters. The van der Waals surface area contributed by atoms with Gasteiger partial charge in [-0.15, -0.1) is 0 Å². The van der Waals surface area contributed by atoms with Crippen molar-refractivity contribution in [1.82, 2.24) is 9.66 Å². The maximum absolute atomic E-state index is 13.3. The Bertz CT molecular complexity index is 1450. The summed E-state index contributed by atoms with van der Waals surface area (Å²) in [6.07, 6.45) is 2.36. The van der Waals surface area contributed by atoms with E-state index in [2.05, 4.69) is 37.0 Å². The summed E-state index contributed by atoms with van der Waals surface area (Å²) in [5.74, 6) is 1.02. The van der Waals surface area contributed by atoms with Crippen molar-refractivity contribution in [3.05, 3.63) is 101 Å². The van der Waals surface area contributed by atoms with Crippen LogP contribution in [0.4, 0.5) is 0 Å². The molecule has 0 saturated heterocycles. The van der Waals surface area contributed by atoms with E-state index in [4.69, 9.17) is 32.9 Å². The molecule has 0 N–H and O–H groups in total. The minimum Gasteiger partial charge on any atom is -0.486 e. The highest BCUT2D eigenvalue weighted by Gasteiger charge is 2.16. The molecule has 9 heteroatoms. The molecule has 0 saturated carbocycles. The highest BCUT2D eigenvalue weighted by molar-refractivity contribution is 9.10. The molecule has 4 rings (SSSR count). The third-order valence-corrected chi connectivity index (χ3v) is 7.11. The minimum atomic E-state index is -0.241. The van der Waals surface area contributed by atoms with Crippen molar-refractivity contribution >= 4 is 72.2 Å². The summed E-state index contributed by atoms with van der Waals surface area (Å²) < 4.78 is 9.00. The van der Waals surface area contributed by atoms with Crippen LogP contribution in [-0.2, 0) is 6.61 Å². The maximum atomic E-state index is 13.3. The van der Waals surface area contributed by atoms with E-state index < -0.39 is 0 Å². The first-order chi connectivity index (χ1) is 16.8. The van der Waals surface area contributed by atoms with Crippen molar-refractivity contribution in [3.8, 4) is 5.75 Å². The van der Waals surface area contributed by atoms with Gasteiger partial charge in [0.25, 0.3) is 5.56 Å². The van der Waals surface area contributed by atoms with E-state index in [0.29, 0.717) is 44.7 Å². The number of halogens is 4. The molecule has 5 nitrogen and oxygen atoms in total. The van der Waals surface area contributed by atoms with Crippen molar-refractivity contribution < 1.29 is 4.74 Å². The molecule has 0 bridgehead atoms. The summed E-state index contributed by atoms with van der Waals surface area (Å²) in [6, 6.07) is 16.6. The predicted octanol–water partition coefficient (Wildman–Crippen LogP) is 8.20. The summed E-state index contributed by atoms with van der Waals surface area (Å²) in [6.45, 7) is 4.39. The molecule has 35 heavy (non-hydrogen) atoms. The van der Waals surface area contributed by atoms with Gasteiger partial charge in [0.1, 0.15) is 12.4 Å². The Hall–Kier alpha value is -2.19. The molecule has 0 aliphatic rings. The van der Waals surface area contributed by atoms with E-state index in [0.717, 1.165) is 20.9 Å². The molecule has 0 unspecified atom stereocenters. The normalized spacial score (nSPS) is 12.4. The third kappa shape index (κ3) is 5.97. The molecular formula is C26H21Br2Cl2N3O2. The average molecular weight is 638 g/mol. The van der Waals surface area contributed by atoms with Crippen LogP contribution in [0.25, 0.3) is 10.9 Å². The highest BCUT2D eigenvalue weighted by atomic mass is 79.9. The van der Waals surface area contributed by atoms with Gasteiger partial charge >= 0.3 is 0 Å². The zero-order chi connectivity index (χ0) is 25.1. The van der Waals surface area contributed by atoms with E-state index in [1.807, 2.05) is 50.2 Å². The monoisotopic (exact) mass is 635 g/mol. The number of aromatic nitrogens is 2. The summed E-state index contributed by atoms with van der Waals surface area (Å²) in [5.41, 5.74) is 2.01. The van der Waals surface area contributed by atoms with Gasteiger partial charge in [-0.25, -0.2) is 4.98 Å². The second kappa shape index (κ2) is 11.2. The van der Waals surface area contributed by atoms with Crippen LogP contribution < -0.4 is 10.3 Å². The highest BCUT2D eigenvalue weighted by Crippen LogP contribution is 2.34. The lowest BCUT2D eigenvalue weighted by molar-refractivity contribution is 0.306. The molecule has 1 aromatic heterocycles. The number of benzene rings is 3. The molecule has 0 aliphatic heterocycles. The smallest absolute Gasteiger partial charge is 0.282 e. The quantitative estimate of drug-likeness (QED) is 0.192. The molecule has 0 radical (unpaired) electrons. The molecule has 1 heterocycles. The van der Waals surface area contributed by atoms with Crippen molar-refractivity contribution in [1.29, 1.82) is 0 Å². The first kappa shape index (κ1) is 25.9. The molecule has 0 aliphatic carbocycles. The van der Waals surface area contributed by atoms with Crippen LogP contribution in [0.15, 0.2) is 73.4 Å². The van der Waals surface area contributed by atoms with E-state index in [1.165, 1.54) is 4.68 Å². The lowest BCUT2D eigenvalue weighted by Crippen LogP contribution is -2.23. The van der Waals surface area contributed by atoms with E-state index in [1.54, 1.807) is 24.4 Å². The third-order valence-electron chi connectivity index (χ3n) is 5.53. The van der Waals surface area contributed by atoms with Gasteiger partial charge in [0.05, 0.1) is 27.2 Å². The van der Waals surface area contributed by atoms with Crippen molar-refractivity contribution in [2.45, 2.75) is 32.8 Å². The number of hydrogen-bond donors (Lipinski definition) is 0. The molecule has 4 aromatic rings. The van der Waals surface area contributed by atoms with Crippen molar-refractivity contribution in [3.63, 3.8) is 0 Å². The van der Waals surface area contributed by atoms with Gasteiger partial charge in [-0.05, 0) is 60.0 Å². The lowest BCUT2D eigenvalue weighted by atomic mass is 10.1. The van der Waals surface area contributed by atoms with Crippen molar-refractivity contribution in [2.75, 3.05) is 0 Å². The Kier molecular flexibility index (Phi) is 8.32. The number of fused-ring (bicyclic) bond motifs is 1. The second-order valence-corrected chi connectivity index (χ2v) is 10.7. The van der Waals surface area contributed by atoms with Crippen LogP contribution in [0, 0.1) is 0 Å². The Morgan fingerprint density at radius 3 is 2.37 bits per heavy atom. The fourth-order valence-electron chi connectivity index (χ4n) is 3.43. The topological polar surface area (TPSA) is 56.5 Å². The largest absolute Gasteiger partial charge is 0.486 e. The fraction of sp³-hybridized carbons (Fsp3) is 0.192. The minimum absolute atomic E-state index is 0.0365. The van der Waals surface area contributed by atoms with Crippen molar-refractivity contribution in [2.24, 2.45) is 5.10 Å². The SMILES string of the molecule is CC[C@@H](C)c1nc2ccc(Br)cc2c(=O)n1N=Cc1cc(Cl)c(OCc2ccc(Br)cc2)c(Cl)c1. The molecule has 0 fully saturated rings. The summed E-state index contributed by atoms with van der Waals surface area (Å²) in [7, 11) is 0. The molecular weight excluding hydrogens is 617 g/mol. The van der Waals surface area contributed by atoms with Crippen LogP contribution in [0.2, 0.25) is 10.0 Å². The number of hydrogen-bond acceptors (Lipinski definition) is 4. The molecule has 180 valence electrons. The van der Waals surface area contributed by atoms with Gasteiger partial charge in [-0.3, -0.25) is 4.79 Å². The standard InChI is InChI=1S/C26H21Br2Cl2N3O2/c1-3-15(2)25-32-23-9-8-19(28)12-20(23)26(34)33(25)31-13-17-10-21(29)24(22(30)11-17)35-14-16-4-6-18(27)7-5-16/h4-13,15H,3,14H2,1-2H3/t15-/m1/s1. The number of rotatable bonds is 7. The second-order valence-electron chi connectivity index (χ2n) is 8.03. The van der Waals surface area contributed by atoms with E-state index in [-0.39, 0.29) is 11.5 Å². The maximum Gasteiger partial charge on any atom is 0.282 e. The van der Waals surface area contributed by atoms with Gasteiger partial charge in [-0.2, -0.15) is 9.78 Å². The fourth-order valence-corrected chi connectivity index (χ4v) is 4.67. The van der Waals surface area contributed by atoms with E-state index in [9.17, 15) is 4.79 Å². The summed E-state index contributed by atoms with van der Waals surface area (Å²) in [5, 5.41) is 5.67. The van der Waals surface area contributed by atoms with Crippen LogP contribution >= 0.6 is 55.1 Å². The van der Waals surface area contributed by atoms with Crippen LogP contribution in [-0.4, -0.2) is 15.9 Å². The molecule has 3 aromatic carbocycles. The number of nitrogens with zero attached hydrogens (tertiary/aromatic N) is 3. The summed E-state index contributed by atoms with van der Waals surface area (Å²) in [4.78, 5) is 18.0. The van der Waals surface area contributed by atoms with Gasteiger partial charge in [0.2, 0.25) is 0 Å². The Balaban J connectivity index is 1.66. The lowest BCUT2D eigenvalue weighted by Gasteiger charge is -2.14. The van der Waals surface area contributed by atoms with Gasteiger partial charge in [0.15, 0.2) is 5.75 Å². The van der Waals surface area contributed by atoms with Crippen LogP contribution in [0.5, 0.6) is 5.75 Å². The van der Waals surface area contributed by atoms with Gasteiger partial charge < -0.3 is 4.74 Å². The predicted molar refractivity (Wildman–Crippen MR) is 150 cm³/mol. The Labute approximate surface area is 230 Å². The number of ether oxygens (including phenoxy) is 1. The zero-order valence-electron chi connectivity index (χ0n) is 18.9. The zero-order valence-corrected chi connectivity index (χ0v) is 23.6. The average Bonchev–Trinajstić information content (AvgIpc) is 2.83.